The Hall–Kier alpha value is -1.81. The van der Waals surface area contributed by atoms with E-state index in [0.717, 1.165) is 6.42 Å². The Bertz CT molecular complexity index is 623. The summed E-state index contributed by atoms with van der Waals surface area (Å²) in [6.07, 6.45) is 1.57. The van der Waals surface area contributed by atoms with Gasteiger partial charge in [-0.25, -0.2) is 4.79 Å². The van der Waals surface area contributed by atoms with Crippen LogP contribution < -0.4 is 5.73 Å². The minimum atomic E-state index is -0.895. The van der Waals surface area contributed by atoms with Gasteiger partial charge in [0, 0.05) is 27.5 Å². The van der Waals surface area contributed by atoms with Crippen molar-refractivity contribution in [3.8, 4) is 11.8 Å². The Morgan fingerprint density at radius 2 is 2.05 bits per heavy atom. The second-order valence-electron chi connectivity index (χ2n) is 4.05. The minimum absolute atomic E-state index is 0.0667. The number of carbonyl (C=O) groups is 1. The number of carbonyl (C=O) groups excluding carboxylic acids is 1. The average Bonchev–Trinajstić information content (AvgIpc) is 3.06. The summed E-state index contributed by atoms with van der Waals surface area (Å²) in [6.45, 7) is -0.0667. The molecule has 3 N–H and O–H groups in total. The van der Waals surface area contributed by atoms with Crippen molar-refractivity contribution in [1.29, 1.82) is 0 Å². The normalized spacial score (nSPS) is 9.85. The summed E-state index contributed by atoms with van der Waals surface area (Å²) >= 11 is 3.49. The number of hydrogen-bond donors (Lipinski definition) is 2. The summed E-state index contributed by atoms with van der Waals surface area (Å²) in [4.78, 5) is 14.4. The van der Waals surface area contributed by atoms with Gasteiger partial charge < -0.3 is 5.73 Å². The first-order valence-corrected chi connectivity index (χ1v) is 7.66. The van der Waals surface area contributed by atoms with Gasteiger partial charge in [-0.05, 0) is 23.6 Å². The molecule has 0 bridgehead atoms. The first-order valence-electron chi connectivity index (χ1n) is 5.96. The van der Waals surface area contributed by atoms with E-state index in [9.17, 15) is 4.79 Å². The highest BCUT2D eigenvalue weighted by Gasteiger charge is 2.02. The highest BCUT2D eigenvalue weighted by atomic mass is 32.1. The van der Waals surface area contributed by atoms with E-state index in [1.54, 1.807) is 22.7 Å². The summed E-state index contributed by atoms with van der Waals surface area (Å²) in [5.74, 6) is 5.62. The molecule has 0 saturated heterocycles. The van der Waals surface area contributed by atoms with Gasteiger partial charge in [0.1, 0.15) is 6.54 Å². The summed E-state index contributed by atoms with van der Waals surface area (Å²) in [6, 6.07) is 7.47. The molecule has 0 unspecified atom stereocenters. The lowest BCUT2D eigenvalue weighted by atomic mass is 10.3. The minimum Gasteiger partial charge on any atom is -0.350 e. The maximum absolute atomic E-state index is 10.6. The standard InChI is InChI=1S/C14H14N2O2S2/c15-14(17)16(18)8-2-1-4-11-6-7-13(20-11)10-12-5-3-9-19-12/h3,5-7,9,18H,4,8,10H2,(H2,15,17). The molecule has 0 saturated carbocycles. The van der Waals surface area contributed by atoms with Gasteiger partial charge in [0.2, 0.25) is 0 Å². The number of amides is 2. The van der Waals surface area contributed by atoms with Crippen LogP contribution in [-0.2, 0) is 12.8 Å². The molecule has 4 nitrogen and oxygen atoms in total. The van der Waals surface area contributed by atoms with Gasteiger partial charge in [-0.3, -0.25) is 5.21 Å². The van der Waals surface area contributed by atoms with Crippen molar-refractivity contribution in [2.24, 2.45) is 5.73 Å². The van der Waals surface area contributed by atoms with E-state index in [-0.39, 0.29) is 6.54 Å². The molecule has 0 radical (unpaired) electrons. The lowest BCUT2D eigenvalue weighted by molar-refractivity contribution is -0.0269. The molecule has 104 valence electrons. The number of nitrogens with zero attached hydrogens (tertiary/aromatic N) is 1. The van der Waals surface area contributed by atoms with E-state index in [0.29, 0.717) is 11.5 Å². The molecular formula is C14H14N2O2S2. The Balaban J connectivity index is 1.84. The lowest BCUT2D eigenvalue weighted by Crippen LogP contribution is -2.32. The predicted molar refractivity (Wildman–Crippen MR) is 81.0 cm³/mol. The molecule has 2 amide bonds. The van der Waals surface area contributed by atoms with Gasteiger partial charge >= 0.3 is 6.03 Å². The zero-order valence-electron chi connectivity index (χ0n) is 10.7. The van der Waals surface area contributed by atoms with Crippen molar-refractivity contribution >= 4 is 28.7 Å². The van der Waals surface area contributed by atoms with Crippen LogP contribution in [0.5, 0.6) is 0 Å². The van der Waals surface area contributed by atoms with E-state index < -0.39 is 6.03 Å². The smallest absolute Gasteiger partial charge is 0.339 e. The third-order valence-corrected chi connectivity index (χ3v) is 4.48. The highest BCUT2D eigenvalue weighted by molar-refractivity contribution is 7.12. The molecule has 0 fully saturated rings. The van der Waals surface area contributed by atoms with Crippen LogP contribution in [0.4, 0.5) is 4.79 Å². The van der Waals surface area contributed by atoms with E-state index in [1.165, 1.54) is 14.6 Å². The van der Waals surface area contributed by atoms with Gasteiger partial charge in [0.15, 0.2) is 0 Å². The van der Waals surface area contributed by atoms with Crippen LogP contribution in [0.25, 0.3) is 0 Å². The fourth-order valence-corrected chi connectivity index (χ4v) is 3.36. The molecule has 0 atom stereocenters. The topological polar surface area (TPSA) is 66.6 Å². The van der Waals surface area contributed by atoms with Crippen LogP contribution >= 0.6 is 22.7 Å². The van der Waals surface area contributed by atoms with Crippen molar-refractivity contribution in [1.82, 2.24) is 5.06 Å². The number of hydrogen-bond acceptors (Lipinski definition) is 4. The monoisotopic (exact) mass is 306 g/mol. The van der Waals surface area contributed by atoms with Crippen molar-refractivity contribution in [2.75, 3.05) is 6.54 Å². The van der Waals surface area contributed by atoms with Crippen molar-refractivity contribution in [3.63, 3.8) is 0 Å². The highest BCUT2D eigenvalue weighted by Crippen LogP contribution is 2.22. The number of nitrogens with two attached hydrogens (primary N) is 1. The fraction of sp³-hybridized carbons (Fsp3) is 0.214. The maximum atomic E-state index is 10.6. The quantitative estimate of drug-likeness (QED) is 0.518. The summed E-state index contributed by atoms with van der Waals surface area (Å²) in [5.41, 5.74) is 4.87. The number of thiophene rings is 2. The molecule has 0 spiro atoms. The Labute approximate surface area is 125 Å². The van der Waals surface area contributed by atoms with Crippen molar-refractivity contribution in [3.05, 3.63) is 44.3 Å². The largest absolute Gasteiger partial charge is 0.350 e. The molecule has 0 aliphatic heterocycles. The zero-order chi connectivity index (χ0) is 14.4. The molecule has 0 aromatic carbocycles. The Kier molecular flexibility index (Phi) is 5.18. The number of primary amides is 1. The lowest BCUT2D eigenvalue weighted by Gasteiger charge is -2.05. The first-order chi connectivity index (χ1) is 9.65. The number of hydroxylamine groups is 2. The zero-order valence-corrected chi connectivity index (χ0v) is 12.3. The van der Waals surface area contributed by atoms with Crippen LogP contribution in [0.3, 0.4) is 0 Å². The number of rotatable bonds is 4. The summed E-state index contributed by atoms with van der Waals surface area (Å²) in [5, 5.41) is 11.5. The summed E-state index contributed by atoms with van der Waals surface area (Å²) in [7, 11) is 0. The second kappa shape index (κ2) is 7.10. The van der Waals surface area contributed by atoms with E-state index >= 15 is 0 Å². The van der Waals surface area contributed by atoms with E-state index in [4.69, 9.17) is 10.9 Å². The predicted octanol–water partition coefficient (Wildman–Crippen LogP) is 2.72. The molecule has 2 aromatic rings. The Morgan fingerprint density at radius 1 is 1.25 bits per heavy atom. The molecule has 6 heteroatoms. The number of urea groups is 1. The van der Waals surface area contributed by atoms with Gasteiger partial charge in [-0.15, -0.1) is 22.7 Å². The molecular weight excluding hydrogens is 292 g/mol. The second-order valence-corrected chi connectivity index (χ2v) is 6.34. The van der Waals surface area contributed by atoms with Gasteiger partial charge in [0.25, 0.3) is 0 Å². The van der Waals surface area contributed by atoms with Gasteiger partial charge in [0.05, 0.1) is 0 Å². The van der Waals surface area contributed by atoms with E-state index in [1.807, 2.05) is 0 Å². The van der Waals surface area contributed by atoms with E-state index in [2.05, 4.69) is 41.5 Å². The SMILES string of the molecule is NC(=O)N(O)CC#CCc1ccc(Cc2cccs2)s1. The van der Waals surface area contributed by atoms with Crippen LogP contribution in [0.15, 0.2) is 29.6 Å². The molecule has 2 aromatic heterocycles. The third kappa shape index (κ3) is 4.38. The third-order valence-electron chi connectivity index (χ3n) is 2.52. The van der Waals surface area contributed by atoms with Crippen LogP contribution in [-0.4, -0.2) is 22.8 Å². The van der Waals surface area contributed by atoms with Crippen LogP contribution in [0, 0.1) is 11.8 Å². The summed E-state index contributed by atoms with van der Waals surface area (Å²) < 4.78 is 0. The molecule has 20 heavy (non-hydrogen) atoms. The Morgan fingerprint density at radius 3 is 2.75 bits per heavy atom. The maximum Gasteiger partial charge on any atom is 0.339 e. The molecule has 0 aliphatic carbocycles. The average molecular weight is 306 g/mol. The fourth-order valence-electron chi connectivity index (χ4n) is 1.56. The van der Waals surface area contributed by atoms with Gasteiger partial charge in [-0.1, -0.05) is 17.9 Å². The van der Waals surface area contributed by atoms with Crippen molar-refractivity contribution in [2.45, 2.75) is 12.8 Å². The first kappa shape index (κ1) is 14.6. The van der Waals surface area contributed by atoms with Gasteiger partial charge in [-0.2, -0.15) is 5.06 Å². The van der Waals surface area contributed by atoms with Crippen LogP contribution in [0.1, 0.15) is 14.6 Å². The van der Waals surface area contributed by atoms with Crippen molar-refractivity contribution < 1.29 is 10.0 Å². The van der Waals surface area contributed by atoms with Crippen LogP contribution in [0.2, 0.25) is 0 Å². The molecule has 0 aliphatic rings. The molecule has 2 heterocycles. The molecule has 2 rings (SSSR count).